The molecule has 20 heavy (non-hydrogen) atoms. The molecule has 2 aromatic rings. The van der Waals surface area contributed by atoms with Gasteiger partial charge in [0.05, 0.1) is 14.2 Å². The fraction of sp³-hybridized carbons (Fsp3) is 0.250. The molecule has 0 atom stereocenters. The van der Waals surface area contributed by atoms with Crippen LogP contribution in [0, 0.1) is 13.8 Å². The molecular weight excluding hydrogens is 256 g/mol. The lowest BCUT2D eigenvalue weighted by Crippen LogP contribution is -1.84. The first-order chi connectivity index (χ1) is 9.51. The highest BCUT2D eigenvalue weighted by Crippen LogP contribution is 2.28. The fourth-order valence-electron chi connectivity index (χ4n) is 1.59. The van der Waals surface area contributed by atoms with Crippen LogP contribution in [0.4, 0.5) is 0 Å². The molecular formula is C16H20O4. The third-order valence-corrected chi connectivity index (χ3v) is 2.84. The summed E-state index contributed by atoms with van der Waals surface area (Å²) < 4.78 is 9.75. The van der Waals surface area contributed by atoms with E-state index in [4.69, 9.17) is 9.47 Å². The van der Waals surface area contributed by atoms with Gasteiger partial charge in [0.1, 0.15) is 0 Å². The highest BCUT2D eigenvalue weighted by molar-refractivity contribution is 5.44. The van der Waals surface area contributed by atoms with Gasteiger partial charge < -0.3 is 19.7 Å². The van der Waals surface area contributed by atoms with Crippen LogP contribution in [0.5, 0.6) is 23.0 Å². The van der Waals surface area contributed by atoms with Crippen LogP contribution >= 0.6 is 0 Å². The van der Waals surface area contributed by atoms with Crippen molar-refractivity contribution in [2.45, 2.75) is 13.8 Å². The van der Waals surface area contributed by atoms with E-state index in [0.29, 0.717) is 11.5 Å². The van der Waals surface area contributed by atoms with Crippen molar-refractivity contribution in [3.05, 3.63) is 47.5 Å². The quantitative estimate of drug-likeness (QED) is 0.882. The normalized spacial score (nSPS) is 9.40. The molecule has 0 radical (unpaired) electrons. The van der Waals surface area contributed by atoms with Crippen LogP contribution in [0.2, 0.25) is 0 Å². The number of phenols is 2. The molecule has 0 aliphatic rings. The molecule has 2 rings (SSSR count). The van der Waals surface area contributed by atoms with Crippen molar-refractivity contribution in [2.24, 2.45) is 0 Å². The summed E-state index contributed by atoms with van der Waals surface area (Å²) in [4.78, 5) is 0. The van der Waals surface area contributed by atoms with Gasteiger partial charge in [-0.1, -0.05) is 24.3 Å². The van der Waals surface area contributed by atoms with Crippen LogP contribution in [0.25, 0.3) is 0 Å². The number of para-hydroxylation sites is 2. The second-order valence-corrected chi connectivity index (χ2v) is 4.25. The van der Waals surface area contributed by atoms with Crippen molar-refractivity contribution in [2.75, 3.05) is 14.2 Å². The highest BCUT2D eigenvalue weighted by Gasteiger charge is 2.01. The zero-order chi connectivity index (χ0) is 15.1. The summed E-state index contributed by atoms with van der Waals surface area (Å²) >= 11 is 0. The minimum atomic E-state index is 0.227. The van der Waals surface area contributed by atoms with E-state index in [9.17, 15) is 10.2 Å². The van der Waals surface area contributed by atoms with Crippen molar-refractivity contribution in [1.29, 1.82) is 0 Å². The Kier molecular flexibility index (Phi) is 5.72. The Labute approximate surface area is 119 Å². The maximum Gasteiger partial charge on any atom is 0.160 e. The molecule has 0 unspecified atom stereocenters. The second kappa shape index (κ2) is 7.28. The number of hydrogen-bond donors (Lipinski definition) is 2. The summed E-state index contributed by atoms with van der Waals surface area (Å²) in [6.45, 7) is 3.66. The van der Waals surface area contributed by atoms with Gasteiger partial charge in [0, 0.05) is 0 Å². The van der Waals surface area contributed by atoms with Crippen molar-refractivity contribution < 1.29 is 19.7 Å². The minimum absolute atomic E-state index is 0.227. The van der Waals surface area contributed by atoms with Crippen LogP contribution in [-0.2, 0) is 0 Å². The lowest BCUT2D eigenvalue weighted by molar-refractivity contribution is 0.371. The van der Waals surface area contributed by atoms with E-state index in [1.807, 2.05) is 38.1 Å². The Morgan fingerprint density at radius 2 is 1.05 bits per heavy atom. The second-order valence-electron chi connectivity index (χ2n) is 4.25. The summed E-state index contributed by atoms with van der Waals surface area (Å²) in [5.74, 6) is 1.51. The van der Waals surface area contributed by atoms with Gasteiger partial charge in [-0.05, 0) is 37.1 Å². The van der Waals surface area contributed by atoms with Crippen LogP contribution < -0.4 is 9.47 Å². The van der Waals surface area contributed by atoms with Gasteiger partial charge >= 0.3 is 0 Å². The third-order valence-electron chi connectivity index (χ3n) is 2.84. The van der Waals surface area contributed by atoms with E-state index in [2.05, 4.69) is 0 Å². The molecule has 0 heterocycles. The number of hydrogen-bond acceptors (Lipinski definition) is 4. The third kappa shape index (κ3) is 3.82. The lowest BCUT2D eigenvalue weighted by Gasteiger charge is -2.03. The minimum Gasteiger partial charge on any atom is -0.504 e. The molecule has 0 aromatic heterocycles. The van der Waals surface area contributed by atoms with Crippen molar-refractivity contribution in [3.63, 3.8) is 0 Å². The van der Waals surface area contributed by atoms with Gasteiger partial charge in [0.2, 0.25) is 0 Å². The number of rotatable bonds is 2. The standard InChI is InChI=1S/2C8H10O2/c2*1-6-4-3-5-7(10-2)8(6)9/h2*3-5,9H,1-2H3. The largest absolute Gasteiger partial charge is 0.504 e. The summed E-state index contributed by atoms with van der Waals surface area (Å²) in [6.07, 6.45) is 0. The molecule has 0 aliphatic carbocycles. The zero-order valence-corrected chi connectivity index (χ0v) is 12.2. The van der Waals surface area contributed by atoms with E-state index in [-0.39, 0.29) is 11.5 Å². The number of methoxy groups -OCH3 is 2. The molecule has 0 saturated carbocycles. The van der Waals surface area contributed by atoms with Gasteiger partial charge in [-0.25, -0.2) is 0 Å². The number of aromatic hydroxyl groups is 2. The van der Waals surface area contributed by atoms with E-state index < -0.39 is 0 Å². The van der Waals surface area contributed by atoms with Gasteiger partial charge in [-0.3, -0.25) is 0 Å². The van der Waals surface area contributed by atoms with Crippen LogP contribution in [-0.4, -0.2) is 24.4 Å². The average molecular weight is 276 g/mol. The van der Waals surface area contributed by atoms with Gasteiger partial charge in [-0.2, -0.15) is 0 Å². The number of phenolic OH excluding ortho intramolecular Hbond substituents is 2. The molecule has 4 heteroatoms. The van der Waals surface area contributed by atoms with Gasteiger partial charge in [0.15, 0.2) is 23.0 Å². The van der Waals surface area contributed by atoms with Crippen molar-refractivity contribution in [3.8, 4) is 23.0 Å². The van der Waals surface area contributed by atoms with E-state index in [1.54, 1.807) is 12.1 Å². The fourth-order valence-corrected chi connectivity index (χ4v) is 1.59. The number of benzene rings is 2. The maximum absolute atomic E-state index is 9.27. The first-order valence-corrected chi connectivity index (χ1v) is 6.16. The number of ether oxygens (including phenoxy) is 2. The summed E-state index contributed by atoms with van der Waals surface area (Å²) in [5, 5.41) is 18.5. The van der Waals surface area contributed by atoms with E-state index in [1.165, 1.54) is 14.2 Å². The Morgan fingerprint density at radius 3 is 1.30 bits per heavy atom. The predicted molar refractivity (Wildman–Crippen MR) is 78.8 cm³/mol. The van der Waals surface area contributed by atoms with E-state index >= 15 is 0 Å². The molecule has 0 spiro atoms. The molecule has 2 aromatic carbocycles. The molecule has 0 saturated heterocycles. The molecule has 4 nitrogen and oxygen atoms in total. The predicted octanol–water partition coefficient (Wildman–Crippen LogP) is 3.42. The Bertz CT molecular complexity index is 513. The van der Waals surface area contributed by atoms with Crippen LogP contribution in [0.15, 0.2) is 36.4 Å². The average Bonchev–Trinajstić information content (AvgIpc) is 2.45. The topological polar surface area (TPSA) is 58.9 Å². The van der Waals surface area contributed by atoms with Crippen molar-refractivity contribution >= 4 is 0 Å². The number of aryl methyl sites for hydroxylation is 2. The summed E-state index contributed by atoms with van der Waals surface area (Å²) in [7, 11) is 3.07. The van der Waals surface area contributed by atoms with E-state index in [0.717, 1.165) is 11.1 Å². The Hall–Kier alpha value is -2.36. The molecule has 0 fully saturated rings. The van der Waals surface area contributed by atoms with Gasteiger partial charge in [-0.15, -0.1) is 0 Å². The first-order valence-electron chi connectivity index (χ1n) is 6.16. The van der Waals surface area contributed by atoms with Crippen LogP contribution in [0.1, 0.15) is 11.1 Å². The van der Waals surface area contributed by atoms with Gasteiger partial charge in [0.25, 0.3) is 0 Å². The summed E-state index contributed by atoms with van der Waals surface area (Å²) in [6, 6.07) is 10.8. The lowest BCUT2D eigenvalue weighted by atomic mass is 10.2. The monoisotopic (exact) mass is 276 g/mol. The molecule has 108 valence electrons. The maximum atomic E-state index is 9.27. The molecule has 0 amide bonds. The highest BCUT2D eigenvalue weighted by atomic mass is 16.5. The smallest absolute Gasteiger partial charge is 0.160 e. The SMILES string of the molecule is COc1cccc(C)c1O.COc1cccc(C)c1O. The van der Waals surface area contributed by atoms with Crippen LogP contribution in [0.3, 0.4) is 0 Å². The molecule has 0 bridgehead atoms. The first kappa shape index (κ1) is 15.7. The Morgan fingerprint density at radius 1 is 0.700 bits per heavy atom. The zero-order valence-electron chi connectivity index (χ0n) is 12.2. The molecule has 2 N–H and O–H groups in total. The Balaban J connectivity index is 0.000000200. The molecule has 0 aliphatic heterocycles. The summed E-state index contributed by atoms with van der Waals surface area (Å²) in [5.41, 5.74) is 1.67. The van der Waals surface area contributed by atoms with Crippen molar-refractivity contribution in [1.82, 2.24) is 0 Å².